The summed E-state index contributed by atoms with van der Waals surface area (Å²) in [5.74, 6) is 0. The van der Waals surface area contributed by atoms with Crippen LogP contribution in [0.1, 0.15) is 52.3 Å². The van der Waals surface area contributed by atoms with Crippen molar-refractivity contribution in [3.63, 3.8) is 0 Å². The van der Waals surface area contributed by atoms with Crippen LogP contribution in [0.3, 0.4) is 0 Å². The van der Waals surface area contributed by atoms with Crippen molar-refractivity contribution < 1.29 is 14.3 Å². The van der Waals surface area contributed by atoms with Crippen LogP contribution in [0.15, 0.2) is 53.6 Å². The van der Waals surface area contributed by atoms with Crippen LogP contribution in [0.5, 0.6) is 6.01 Å². The number of carbonyl (C=O) groups is 1. The second kappa shape index (κ2) is 11.5. The lowest BCUT2D eigenvalue weighted by atomic mass is 10.0. The van der Waals surface area contributed by atoms with Gasteiger partial charge in [-0.1, -0.05) is 36.4 Å². The van der Waals surface area contributed by atoms with Crippen LogP contribution in [0.25, 0.3) is 27.5 Å². The number of fused-ring (bicyclic) bond motifs is 2. The van der Waals surface area contributed by atoms with Crippen molar-refractivity contribution in [3.05, 3.63) is 64.8 Å². The van der Waals surface area contributed by atoms with E-state index in [1.165, 1.54) is 10.9 Å². The van der Waals surface area contributed by atoms with Gasteiger partial charge in [0.05, 0.1) is 17.4 Å². The molecule has 1 N–H and O–H groups in total. The highest BCUT2D eigenvalue weighted by atomic mass is 16.6. The number of aromatic nitrogens is 4. The molecule has 0 spiro atoms. The molecule has 2 fully saturated rings. The molecule has 2 aliphatic heterocycles. The van der Waals surface area contributed by atoms with E-state index in [0.29, 0.717) is 36.6 Å². The molecule has 3 atom stereocenters. The van der Waals surface area contributed by atoms with Gasteiger partial charge in [-0.05, 0) is 65.6 Å². The summed E-state index contributed by atoms with van der Waals surface area (Å²) in [5.41, 5.74) is 0.613. The van der Waals surface area contributed by atoms with Crippen molar-refractivity contribution in [2.75, 3.05) is 33.3 Å². The van der Waals surface area contributed by atoms with Gasteiger partial charge in [0.2, 0.25) is 0 Å². The van der Waals surface area contributed by atoms with Crippen LogP contribution in [0.4, 0.5) is 4.79 Å². The van der Waals surface area contributed by atoms with Crippen molar-refractivity contribution in [1.29, 1.82) is 0 Å². The highest BCUT2D eigenvalue weighted by Crippen LogP contribution is 2.31. The summed E-state index contributed by atoms with van der Waals surface area (Å²) in [6.45, 7) is 9.90. The van der Waals surface area contributed by atoms with Gasteiger partial charge in [-0.15, -0.1) is 0 Å². The minimum absolute atomic E-state index is 0.0970. The Bertz CT molecular complexity index is 1710. The van der Waals surface area contributed by atoms with Crippen molar-refractivity contribution in [2.24, 2.45) is 0 Å². The number of likely N-dealkylation sites (tertiary alicyclic amines) is 1. The van der Waals surface area contributed by atoms with Crippen LogP contribution in [-0.4, -0.2) is 86.4 Å². The second-order valence-corrected chi connectivity index (χ2v) is 12.5. The Hall–Kier alpha value is -4.09. The Labute approximate surface area is 250 Å². The molecular weight excluding hydrogens is 546 g/mol. The molecule has 2 aromatic carbocycles. The number of likely N-dealkylation sites (N-methyl/N-ethyl adjacent to an activating group) is 1. The number of nitrogens with zero attached hydrogens (tertiary/aromatic N) is 6. The highest BCUT2D eigenvalue weighted by Gasteiger charge is 2.38. The van der Waals surface area contributed by atoms with Crippen molar-refractivity contribution in [3.8, 4) is 11.7 Å². The molecule has 1 amide bonds. The number of benzene rings is 2. The molecule has 0 aliphatic carbocycles. The molecule has 6 rings (SSSR count). The molecule has 2 unspecified atom stereocenters. The Morgan fingerprint density at radius 3 is 2.63 bits per heavy atom. The maximum absolute atomic E-state index is 14.2. The fraction of sp³-hybridized carbons (Fsp3) is 0.469. The zero-order valence-electron chi connectivity index (χ0n) is 25.4. The van der Waals surface area contributed by atoms with Crippen molar-refractivity contribution >= 4 is 27.9 Å². The lowest BCUT2D eigenvalue weighted by Gasteiger charge is -2.41. The van der Waals surface area contributed by atoms with Crippen molar-refractivity contribution in [2.45, 2.75) is 64.3 Å². The number of rotatable bonds is 5. The maximum Gasteiger partial charge on any atom is 0.411 e. The quantitative estimate of drug-likeness (QED) is 0.370. The van der Waals surface area contributed by atoms with Gasteiger partial charge in [-0.25, -0.2) is 9.78 Å². The normalized spacial score (nSPS) is 21.4. The fourth-order valence-corrected chi connectivity index (χ4v) is 6.04. The predicted molar refractivity (Wildman–Crippen MR) is 165 cm³/mol. The summed E-state index contributed by atoms with van der Waals surface area (Å²) in [6, 6.07) is 13.3. The van der Waals surface area contributed by atoms with E-state index in [9.17, 15) is 9.59 Å². The molecule has 11 nitrogen and oxygen atoms in total. The molecule has 4 heterocycles. The Kier molecular flexibility index (Phi) is 7.78. The van der Waals surface area contributed by atoms with Gasteiger partial charge in [-0.3, -0.25) is 14.3 Å². The number of carbonyl (C=O) groups excluding carboxylic acids is 1. The zero-order chi connectivity index (χ0) is 30.3. The van der Waals surface area contributed by atoms with E-state index in [-0.39, 0.29) is 29.2 Å². The van der Waals surface area contributed by atoms with Gasteiger partial charge in [0, 0.05) is 30.6 Å². The average Bonchev–Trinajstić information content (AvgIpc) is 3.39. The SMILES string of the molecule is CC1CNCC(c2nc(OC[C@@H]3CCCN3C)nc3c(=O)n(-c4cccc5ccccc45)cnc23)N1C(=O)OC(C)(C)C. The van der Waals surface area contributed by atoms with Gasteiger partial charge in [-0.2, -0.15) is 9.97 Å². The minimum atomic E-state index is -0.675. The minimum Gasteiger partial charge on any atom is -0.462 e. The number of hydrogen-bond acceptors (Lipinski definition) is 9. The molecule has 0 radical (unpaired) electrons. The third-order valence-corrected chi connectivity index (χ3v) is 8.22. The van der Waals surface area contributed by atoms with E-state index < -0.39 is 17.7 Å². The summed E-state index contributed by atoms with van der Waals surface area (Å²) in [7, 11) is 2.08. The summed E-state index contributed by atoms with van der Waals surface area (Å²) < 4.78 is 13.5. The topological polar surface area (TPSA) is 115 Å². The van der Waals surface area contributed by atoms with Gasteiger partial charge >= 0.3 is 12.1 Å². The molecule has 43 heavy (non-hydrogen) atoms. The summed E-state index contributed by atoms with van der Waals surface area (Å²) in [5, 5.41) is 5.33. The number of amides is 1. The molecule has 4 aromatic rings. The van der Waals surface area contributed by atoms with E-state index in [4.69, 9.17) is 19.4 Å². The first-order valence-electron chi connectivity index (χ1n) is 14.9. The molecule has 226 valence electrons. The van der Waals surface area contributed by atoms with Crippen LogP contribution in [-0.2, 0) is 4.74 Å². The van der Waals surface area contributed by atoms with E-state index in [0.717, 1.165) is 30.2 Å². The Morgan fingerprint density at radius 2 is 1.86 bits per heavy atom. The molecule has 2 saturated heterocycles. The lowest BCUT2D eigenvalue weighted by Crippen LogP contribution is -2.55. The van der Waals surface area contributed by atoms with Gasteiger partial charge in [0.1, 0.15) is 24.1 Å². The molecule has 11 heteroatoms. The third kappa shape index (κ3) is 5.79. The number of hydrogen-bond donors (Lipinski definition) is 1. The molecule has 0 bridgehead atoms. The van der Waals surface area contributed by atoms with E-state index in [1.54, 1.807) is 4.90 Å². The molecular formula is C32H39N7O4. The van der Waals surface area contributed by atoms with Gasteiger partial charge in [0.15, 0.2) is 5.52 Å². The van der Waals surface area contributed by atoms with Crippen LogP contribution in [0.2, 0.25) is 0 Å². The number of piperazine rings is 1. The Balaban J connectivity index is 1.49. The first-order chi connectivity index (χ1) is 20.6. The first kappa shape index (κ1) is 29.0. The van der Waals surface area contributed by atoms with Crippen molar-refractivity contribution in [1.82, 2.24) is 34.6 Å². The summed E-state index contributed by atoms with van der Waals surface area (Å²) in [6.07, 6.45) is 3.19. The standard InChI is InChI=1S/C32H39N7O4/c1-20-16-33-17-25(39(20)31(41)43-32(2,3)4)26-27-28(36-30(35-26)42-18-22-12-9-15-37(22)5)29(40)38(19-34-27)24-14-8-11-21-10-6-7-13-23(21)24/h6-8,10-11,13-14,19-20,22,25,33H,9,12,15-18H2,1-5H3/t20?,22-,25?/m0/s1. The van der Waals surface area contributed by atoms with Crippen LogP contribution in [0, 0.1) is 0 Å². The average molecular weight is 586 g/mol. The third-order valence-electron chi connectivity index (χ3n) is 8.22. The fourth-order valence-electron chi connectivity index (χ4n) is 6.04. The molecule has 2 aliphatic rings. The monoisotopic (exact) mass is 585 g/mol. The van der Waals surface area contributed by atoms with E-state index in [2.05, 4.69) is 22.2 Å². The summed E-state index contributed by atoms with van der Waals surface area (Å²) in [4.78, 5) is 45.8. The second-order valence-electron chi connectivity index (χ2n) is 12.5. The first-order valence-corrected chi connectivity index (χ1v) is 14.9. The smallest absolute Gasteiger partial charge is 0.411 e. The van der Waals surface area contributed by atoms with Crippen LogP contribution >= 0.6 is 0 Å². The van der Waals surface area contributed by atoms with E-state index in [1.807, 2.05) is 70.2 Å². The summed E-state index contributed by atoms with van der Waals surface area (Å²) >= 11 is 0. The van der Waals surface area contributed by atoms with Gasteiger partial charge < -0.3 is 19.7 Å². The van der Waals surface area contributed by atoms with Crippen LogP contribution < -0.4 is 15.6 Å². The number of ether oxygens (including phenoxy) is 2. The van der Waals surface area contributed by atoms with E-state index >= 15 is 0 Å². The molecule has 0 saturated carbocycles. The maximum atomic E-state index is 14.2. The Morgan fingerprint density at radius 1 is 1.07 bits per heavy atom. The zero-order valence-corrected chi connectivity index (χ0v) is 25.4. The largest absolute Gasteiger partial charge is 0.462 e. The highest BCUT2D eigenvalue weighted by molar-refractivity contribution is 5.90. The van der Waals surface area contributed by atoms with Gasteiger partial charge in [0.25, 0.3) is 5.56 Å². The molecule has 2 aromatic heterocycles. The predicted octanol–water partition coefficient (Wildman–Crippen LogP) is 4.07. The number of nitrogens with one attached hydrogen (secondary N) is 1. The lowest BCUT2D eigenvalue weighted by molar-refractivity contribution is -0.000395.